The number of hydrogen-bond donors (Lipinski definition) is 2. The minimum atomic E-state index is -0.297. The zero-order chi connectivity index (χ0) is 14.4. The van der Waals surface area contributed by atoms with Gasteiger partial charge in [0.2, 0.25) is 0 Å². The Kier molecular flexibility index (Phi) is 6.42. The van der Waals surface area contributed by atoms with Crippen molar-refractivity contribution in [3.05, 3.63) is 27.7 Å². The molecule has 3 N–H and O–H groups in total. The summed E-state index contributed by atoms with van der Waals surface area (Å²) in [5.74, 6) is -0.297. The molecule has 0 fully saturated rings. The average Bonchev–Trinajstić information content (AvgIpc) is 2.34. The molecule has 0 bridgehead atoms. The van der Waals surface area contributed by atoms with Gasteiger partial charge in [0, 0.05) is 12.8 Å². The topological polar surface area (TPSA) is 64.3 Å². The molecule has 1 unspecified atom stereocenters. The third-order valence-corrected chi connectivity index (χ3v) is 3.44. The lowest BCUT2D eigenvalue weighted by molar-refractivity contribution is 0.0892. The fraction of sp³-hybridized carbons (Fsp3) is 0.462. The Bertz CT molecular complexity index is 447. The highest BCUT2D eigenvalue weighted by Crippen LogP contribution is 2.28. The van der Waals surface area contributed by atoms with Crippen molar-refractivity contribution < 1.29 is 9.53 Å². The van der Waals surface area contributed by atoms with E-state index in [4.69, 9.17) is 33.7 Å². The summed E-state index contributed by atoms with van der Waals surface area (Å²) in [6, 6.07) is 2.97. The minimum Gasteiger partial charge on any atom is -0.399 e. The summed E-state index contributed by atoms with van der Waals surface area (Å²) in [5, 5.41) is 3.35. The van der Waals surface area contributed by atoms with Gasteiger partial charge in [0.05, 0.1) is 28.3 Å². The zero-order valence-corrected chi connectivity index (χ0v) is 12.5. The summed E-state index contributed by atoms with van der Waals surface area (Å²) < 4.78 is 5.07. The molecule has 0 aliphatic rings. The second-order valence-electron chi connectivity index (χ2n) is 4.28. The van der Waals surface area contributed by atoms with E-state index in [9.17, 15) is 4.79 Å². The van der Waals surface area contributed by atoms with Crippen molar-refractivity contribution in [3.63, 3.8) is 0 Å². The number of nitrogen functional groups attached to an aromatic ring is 1. The van der Waals surface area contributed by atoms with Crippen LogP contribution in [0.1, 0.15) is 30.1 Å². The Morgan fingerprint density at radius 1 is 1.47 bits per heavy atom. The molecule has 1 aromatic rings. The van der Waals surface area contributed by atoms with E-state index in [0.717, 1.165) is 12.8 Å². The smallest absolute Gasteiger partial charge is 0.253 e. The molecule has 19 heavy (non-hydrogen) atoms. The Labute approximate surface area is 123 Å². The van der Waals surface area contributed by atoms with Crippen LogP contribution in [0.25, 0.3) is 0 Å². The Hall–Kier alpha value is -0.970. The van der Waals surface area contributed by atoms with Crippen LogP contribution >= 0.6 is 23.2 Å². The highest BCUT2D eigenvalue weighted by atomic mass is 35.5. The van der Waals surface area contributed by atoms with Crippen molar-refractivity contribution in [1.82, 2.24) is 5.32 Å². The van der Waals surface area contributed by atoms with E-state index in [-0.39, 0.29) is 27.6 Å². The summed E-state index contributed by atoms with van der Waals surface area (Å²) in [6.07, 6.45) is 1.77. The van der Waals surface area contributed by atoms with Gasteiger partial charge in [0.1, 0.15) is 0 Å². The fourth-order valence-corrected chi connectivity index (χ4v) is 2.21. The molecule has 4 nitrogen and oxygen atoms in total. The van der Waals surface area contributed by atoms with Crippen molar-refractivity contribution in [2.24, 2.45) is 0 Å². The van der Waals surface area contributed by atoms with E-state index in [1.807, 2.05) is 6.92 Å². The van der Waals surface area contributed by atoms with Gasteiger partial charge in [0.15, 0.2) is 0 Å². The standard InChI is InChI=1S/C13H18Cl2N2O2/c1-3-4-9(7-19-2)17-13(18)10-5-8(16)6-11(14)12(10)15/h5-6,9H,3-4,7,16H2,1-2H3,(H,17,18). The number of benzene rings is 1. The number of halogens is 2. The molecule has 1 amide bonds. The second kappa shape index (κ2) is 7.58. The maximum Gasteiger partial charge on any atom is 0.253 e. The van der Waals surface area contributed by atoms with Gasteiger partial charge in [-0.1, -0.05) is 36.5 Å². The van der Waals surface area contributed by atoms with E-state index in [0.29, 0.717) is 12.3 Å². The Morgan fingerprint density at radius 2 is 2.16 bits per heavy atom. The molecule has 0 saturated heterocycles. The fourth-order valence-electron chi connectivity index (χ4n) is 1.79. The third kappa shape index (κ3) is 4.56. The summed E-state index contributed by atoms with van der Waals surface area (Å²) in [7, 11) is 1.60. The molecule has 0 saturated carbocycles. The van der Waals surface area contributed by atoms with E-state index in [1.54, 1.807) is 7.11 Å². The molecule has 1 aromatic carbocycles. The molecule has 0 heterocycles. The number of nitrogens with two attached hydrogens (primary N) is 1. The molecule has 0 spiro atoms. The van der Waals surface area contributed by atoms with Gasteiger partial charge >= 0.3 is 0 Å². The molecular formula is C13H18Cl2N2O2. The quantitative estimate of drug-likeness (QED) is 0.794. The van der Waals surface area contributed by atoms with Crippen LogP contribution in [0, 0.1) is 0 Å². The third-order valence-electron chi connectivity index (χ3n) is 2.64. The summed E-state index contributed by atoms with van der Waals surface area (Å²) >= 11 is 11.9. The number of hydrogen-bond acceptors (Lipinski definition) is 3. The summed E-state index contributed by atoms with van der Waals surface area (Å²) in [6.45, 7) is 2.49. The normalized spacial score (nSPS) is 12.2. The van der Waals surface area contributed by atoms with Gasteiger partial charge in [-0.05, 0) is 18.6 Å². The Morgan fingerprint density at radius 3 is 2.74 bits per heavy atom. The SMILES string of the molecule is CCCC(COC)NC(=O)c1cc(N)cc(Cl)c1Cl. The van der Waals surface area contributed by atoms with Crippen LogP contribution in [-0.4, -0.2) is 25.7 Å². The van der Waals surface area contributed by atoms with E-state index >= 15 is 0 Å². The number of methoxy groups -OCH3 is 1. The number of rotatable bonds is 6. The first-order valence-corrected chi connectivity index (χ1v) is 6.79. The molecule has 0 aliphatic carbocycles. The number of amides is 1. The number of carbonyl (C=O) groups excluding carboxylic acids is 1. The minimum absolute atomic E-state index is 0.0567. The summed E-state index contributed by atoms with van der Waals surface area (Å²) in [4.78, 5) is 12.2. The van der Waals surface area contributed by atoms with Crippen LogP contribution in [0.4, 0.5) is 5.69 Å². The van der Waals surface area contributed by atoms with Gasteiger partial charge in [-0.15, -0.1) is 0 Å². The number of nitrogens with one attached hydrogen (secondary N) is 1. The van der Waals surface area contributed by atoms with E-state index < -0.39 is 0 Å². The van der Waals surface area contributed by atoms with E-state index in [1.165, 1.54) is 12.1 Å². The van der Waals surface area contributed by atoms with Crippen LogP contribution in [-0.2, 0) is 4.74 Å². The number of anilines is 1. The molecule has 0 radical (unpaired) electrons. The monoisotopic (exact) mass is 304 g/mol. The molecule has 1 rings (SSSR count). The maximum atomic E-state index is 12.2. The predicted molar refractivity (Wildman–Crippen MR) is 78.9 cm³/mol. The first-order valence-electron chi connectivity index (χ1n) is 6.03. The number of ether oxygens (including phenoxy) is 1. The van der Waals surface area contributed by atoms with Crippen molar-refractivity contribution in [1.29, 1.82) is 0 Å². The maximum absolute atomic E-state index is 12.2. The van der Waals surface area contributed by atoms with Crippen LogP contribution in [0.15, 0.2) is 12.1 Å². The largest absolute Gasteiger partial charge is 0.399 e. The average molecular weight is 305 g/mol. The van der Waals surface area contributed by atoms with Crippen molar-refractivity contribution in [2.75, 3.05) is 19.5 Å². The van der Waals surface area contributed by atoms with Crippen LogP contribution in [0.3, 0.4) is 0 Å². The summed E-state index contributed by atoms with van der Waals surface area (Å²) in [5.41, 5.74) is 6.35. The second-order valence-corrected chi connectivity index (χ2v) is 5.06. The van der Waals surface area contributed by atoms with Crippen LogP contribution in [0.5, 0.6) is 0 Å². The molecule has 1 atom stereocenters. The first kappa shape index (κ1) is 16.1. The molecule has 0 aromatic heterocycles. The molecule has 0 aliphatic heterocycles. The van der Waals surface area contributed by atoms with Gasteiger partial charge < -0.3 is 15.8 Å². The van der Waals surface area contributed by atoms with Crippen molar-refractivity contribution >= 4 is 34.8 Å². The molecule has 6 heteroatoms. The lowest BCUT2D eigenvalue weighted by Crippen LogP contribution is -2.38. The molecule has 106 valence electrons. The van der Waals surface area contributed by atoms with Crippen molar-refractivity contribution in [2.45, 2.75) is 25.8 Å². The van der Waals surface area contributed by atoms with Gasteiger partial charge in [-0.25, -0.2) is 0 Å². The Balaban J connectivity index is 2.87. The van der Waals surface area contributed by atoms with E-state index in [2.05, 4.69) is 5.32 Å². The molecular weight excluding hydrogens is 287 g/mol. The number of carbonyl (C=O) groups is 1. The van der Waals surface area contributed by atoms with Crippen LogP contribution in [0.2, 0.25) is 10.0 Å². The highest BCUT2D eigenvalue weighted by molar-refractivity contribution is 6.44. The first-order chi connectivity index (χ1) is 8.99. The van der Waals surface area contributed by atoms with Gasteiger partial charge in [-0.3, -0.25) is 4.79 Å². The lowest BCUT2D eigenvalue weighted by atomic mass is 10.1. The van der Waals surface area contributed by atoms with Gasteiger partial charge in [-0.2, -0.15) is 0 Å². The van der Waals surface area contributed by atoms with Gasteiger partial charge in [0.25, 0.3) is 5.91 Å². The van der Waals surface area contributed by atoms with Crippen molar-refractivity contribution in [3.8, 4) is 0 Å². The van der Waals surface area contributed by atoms with Crippen LogP contribution < -0.4 is 11.1 Å². The lowest BCUT2D eigenvalue weighted by Gasteiger charge is -2.18. The zero-order valence-electron chi connectivity index (χ0n) is 11.0. The predicted octanol–water partition coefficient (Wildman–Crippen LogP) is 3.12. The highest BCUT2D eigenvalue weighted by Gasteiger charge is 2.17.